The lowest BCUT2D eigenvalue weighted by atomic mass is 10.1. The van der Waals surface area contributed by atoms with E-state index in [1.807, 2.05) is 30.3 Å². The van der Waals surface area contributed by atoms with Crippen molar-refractivity contribution < 1.29 is 4.73 Å². The van der Waals surface area contributed by atoms with Crippen LogP contribution in [0.1, 0.15) is 0 Å². The molecule has 0 radical (unpaired) electrons. The summed E-state index contributed by atoms with van der Waals surface area (Å²) in [5, 5.41) is 13.7. The smallest absolute Gasteiger partial charge is 0.352 e. The van der Waals surface area contributed by atoms with Crippen LogP contribution in [0.15, 0.2) is 55.0 Å². The third-order valence-corrected chi connectivity index (χ3v) is 2.60. The Bertz CT molecular complexity index is 677. The summed E-state index contributed by atoms with van der Waals surface area (Å²) in [6, 6.07) is 11.3. The molecular formula is C13H9N3O. The van der Waals surface area contributed by atoms with E-state index in [-0.39, 0.29) is 0 Å². The van der Waals surface area contributed by atoms with Crippen molar-refractivity contribution in [3.05, 3.63) is 60.2 Å². The van der Waals surface area contributed by atoms with Gasteiger partial charge >= 0.3 is 5.82 Å². The molecule has 0 unspecified atom stereocenters. The molecule has 4 nitrogen and oxygen atoms in total. The average molecular weight is 223 g/mol. The van der Waals surface area contributed by atoms with Crippen LogP contribution in [0.5, 0.6) is 0 Å². The molecule has 2 aromatic heterocycles. The summed E-state index contributed by atoms with van der Waals surface area (Å²) >= 11 is 0. The maximum atomic E-state index is 11.7. The third-order valence-electron chi connectivity index (χ3n) is 2.60. The van der Waals surface area contributed by atoms with Crippen LogP contribution in [-0.2, 0) is 0 Å². The summed E-state index contributed by atoms with van der Waals surface area (Å²) in [6.07, 6.45) is 4.70. The zero-order chi connectivity index (χ0) is 11.7. The van der Waals surface area contributed by atoms with E-state index in [0.29, 0.717) is 11.5 Å². The fourth-order valence-electron chi connectivity index (χ4n) is 1.82. The van der Waals surface area contributed by atoms with Crippen molar-refractivity contribution in [1.82, 2.24) is 9.97 Å². The van der Waals surface area contributed by atoms with Gasteiger partial charge in [-0.3, -0.25) is 0 Å². The van der Waals surface area contributed by atoms with Crippen LogP contribution in [0.25, 0.3) is 22.3 Å². The van der Waals surface area contributed by atoms with E-state index in [1.54, 1.807) is 18.5 Å². The molecule has 0 atom stereocenters. The van der Waals surface area contributed by atoms with E-state index >= 15 is 0 Å². The molecule has 0 saturated heterocycles. The Kier molecular flexibility index (Phi) is 2.19. The quantitative estimate of drug-likeness (QED) is 0.468. The first-order chi connectivity index (χ1) is 8.36. The molecular weight excluding hydrogens is 214 g/mol. The van der Waals surface area contributed by atoms with Crippen molar-refractivity contribution in [1.29, 1.82) is 0 Å². The molecule has 0 N–H and O–H groups in total. The van der Waals surface area contributed by atoms with Crippen molar-refractivity contribution in [2.45, 2.75) is 0 Å². The zero-order valence-electron chi connectivity index (χ0n) is 8.95. The lowest BCUT2D eigenvalue weighted by Crippen LogP contribution is -2.29. The van der Waals surface area contributed by atoms with Gasteiger partial charge in [0.05, 0.1) is 6.20 Å². The monoisotopic (exact) mass is 223 g/mol. The number of aromatic nitrogens is 3. The zero-order valence-corrected chi connectivity index (χ0v) is 8.95. The second-order valence-electron chi connectivity index (χ2n) is 3.65. The molecule has 3 aromatic rings. The van der Waals surface area contributed by atoms with E-state index in [0.717, 1.165) is 15.5 Å². The highest BCUT2D eigenvalue weighted by Crippen LogP contribution is 2.22. The number of hydrogen-bond acceptors (Lipinski definition) is 3. The summed E-state index contributed by atoms with van der Waals surface area (Å²) in [5.41, 5.74) is 0.610. The molecule has 0 spiro atoms. The molecule has 17 heavy (non-hydrogen) atoms. The van der Waals surface area contributed by atoms with Crippen molar-refractivity contribution in [2.24, 2.45) is 0 Å². The molecule has 82 valence electrons. The molecule has 0 saturated carbocycles. The van der Waals surface area contributed by atoms with Gasteiger partial charge in [0.1, 0.15) is 6.20 Å². The molecule has 0 aliphatic heterocycles. The fraction of sp³-hybridized carbons (Fsp3) is 0. The highest BCUT2D eigenvalue weighted by molar-refractivity contribution is 5.92. The number of rotatable bonds is 1. The number of benzene rings is 1. The lowest BCUT2D eigenvalue weighted by molar-refractivity contribution is -0.596. The maximum absolute atomic E-state index is 11.7. The Labute approximate surface area is 97.8 Å². The first kappa shape index (κ1) is 9.72. The van der Waals surface area contributed by atoms with Crippen LogP contribution in [0.4, 0.5) is 0 Å². The van der Waals surface area contributed by atoms with Gasteiger partial charge in [-0.2, -0.15) is 0 Å². The molecule has 4 heteroatoms. The van der Waals surface area contributed by atoms with Gasteiger partial charge < -0.3 is 5.21 Å². The van der Waals surface area contributed by atoms with Crippen molar-refractivity contribution >= 4 is 10.8 Å². The highest BCUT2D eigenvalue weighted by atomic mass is 16.5. The van der Waals surface area contributed by atoms with Crippen LogP contribution < -0.4 is 4.73 Å². The normalized spacial score (nSPS) is 10.6. The molecule has 0 fully saturated rings. The van der Waals surface area contributed by atoms with E-state index in [9.17, 15) is 5.21 Å². The van der Waals surface area contributed by atoms with Crippen molar-refractivity contribution in [2.75, 3.05) is 0 Å². The summed E-state index contributed by atoms with van der Waals surface area (Å²) in [7, 11) is 0. The van der Waals surface area contributed by atoms with E-state index in [2.05, 4.69) is 9.97 Å². The second kappa shape index (κ2) is 3.83. The second-order valence-corrected chi connectivity index (χ2v) is 3.65. The standard InChI is InChI=1S/C13H9N3O/c17-16-9-3-7-15-13(16)12-11-5-2-1-4-10(11)6-8-14-12/h1-9H. The first-order valence-electron chi connectivity index (χ1n) is 5.24. The minimum Gasteiger partial charge on any atom is -0.710 e. The van der Waals surface area contributed by atoms with Crippen LogP contribution in [-0.4, -0.2) is 9.97 Å². The van der Waals surface area contributed by atoms with Crippen molar-refractivity contribution in [3.63, 3.8) is 0 Å². The average Bonchev–Trinajstić information content (AvgIpc) is 2.39. The van der Waals surface area contributed by atoms with Crippen LogP contribution in [0, 0.1) is 5.21 Å². The topological polar surface area (TPSA) is 52.7 Å². The van der Waals surface area contributed by atoms with Crippen LogP contribution >= 0.6 is 0 Å². The number of fused-ring (bicyclic) bond motifs is 1. The third kappa shape index (κ3) is 1.59. The molecule has 0 aliphatic carbocycles. The van der Waals surface area contributed by atoms with E-state index < -0.39 is 0 Å². The van der Waals surface area contributed by atoms with E-state index in [1.165, 1.54) is 6.20 Å². The number of pyridine rings is 1. The summed E-state index contributed by atoms with van der Waals surface area (Å²) in [4.78, 5) is 8.34. The number of hydrogen-bond donors (Lipinski definition) is 0. The largest absolute Gasteiger partial charge is 0.710 e. The number of nitrogens with zero attached hydrogens (tertiary/aromatic N) is 3. The van der Waals surface area contributed by atoms with Crippen LogP contribution in [0.2, 0.25) is 0 Å². The maximum Gasteiger partial charge on any atom is 0.352 e. The molecule has 3 rings (SSSR count). The summed E-state index contributed by atoms with van der Waals surface area (Å²) in [6.45, 7) is 0. The Morgan fingerprint density at radius 2 is 1.82 bits per heavy atom. The summed E-state index contributed by atoms with van der Waals surface area (Å²) in [5.74, 6) is 0.323. The Balaban J connectivity index is 2.35. The molecule has 0 bridgehead atoms. The van der Waals surface area contributed by atoms with Gasteiger partial charge in [-0.1, -0.05) is 24.3 Å². The van der Waals surface area contributed by atoms with Crippen molar-refractivity contribution in [3.8, 4) is 11.5 Å². The van der Waals surface area contributed by atoms with Gasteiger partial charge in [0.15, 0.2) is 5.69 Å². The predicted molar refractivity (Wildman–Crippen MR) is 63.9 cm³/mol. The minimum atomic E-state index is 0.323. The lowest BCUT2D eigenvalue weighted by Gasteiger charge is -2.06. The summed E-state index contributed by atoms with van der Waals surface area (Å²) < 4.78 is 0.731. The Hall–Kier alpha value is -2.49. The highest BCUT2D eigenvalue weighted by Gasteiger charge is 2.14. The van der Waals surface area contributed by atoms with Crippen LogP contribution in [0.3, 0.4) is 0 Å². The Morgan fingerprint density at radius 1 is 0.941 bits per heavy atom. The first-order valence-corrected chi connectivity index (χ1v) is 5.24. The van der Waals surface area contributed by atoms with Gasteiger partial charge in [0.25, 0.3) is 0 Å². The van der Waals surface area contributed by atoms with Gasteiger partial charge in [-0.15, -0.1) is 0 Å². The van der Waals surface area contributed by atoms with Gasteiger partial charge in [-0.05, 0) is 16.4 Å². The molecule has 1 aromatic carbocycles. The predicted octanol–water partition coefficient (Wildman–Crippen LogP) is 1.93. The molecule has 2 heterocycles. The van der Waals surface area contributed by atoms with E-state index in [4.69, 9.17) is 0 Å². The Morgan fingerprint density at radius 3 is 2.71 bits per heavy atom. The minimum absolute atomic E-state index is 0.323. The molecule has 0 aliphatic rings. The molecule has 0 amide bonds. The van der Waals surface area contributed by atoms with Gasteiger partial charge in [-0.25, -0.2) is 9.71 Å². The fourth-order valence-corrected chi connectivity index (χ4v) is 1.82. The van der Waals surface area contributed by atoms with Gasteiger partial charge in [0, 0.05) is 17.6 Å². The SMILES string of the molecule is [O-][n+]1cccnc1-c1nccc2ccccc12. The van der Waals surface area contributed by atoms with Gasteiger partial charge in [0.2, 0.25) is 0 Å².